The number of hydrogen-bond acceptors (Lipinski definition) is 5. The van der Waals surface area contributed by atoms with Gasteiger partial charge >= 0.3 is 15.6 Å². The van der Waals surface area contributed by atoms with Gasteiger partial charge in [-0.1, -0.05) is 29.9 Å². The highest BCUT2D eigenvalue weighted by Crippen LogP contribution is 2.57. The Morgan fingerprint density at radius 3 is 2.26 bits per heavy atom. The van der Waals surface area contributed by atoms with E-state index in [0.29, 0.717) is 5.57 Å². The van der Waals surface area contributed by atoms with Crippen molar-refractivity contribution in [1.82, 2.24) is 0 Å². The lowest BCUT2D eigenvalue weighted by Crippen LogP contribution is -2.12. The zero-order chi connectivity index (χ0) is 21.1. The molecule has 0 saturated heterocycles. The summed E-state index contributed by atoms with van der Waals surface area (Å²) in [6.45, 7) is 11.5. The van der Waals surface area contributed by atoms with Gasteiger partial charge in [0.25, 0.3) is 0 Å². The predicted octanol–water partition coefficient (Wildman–Crippen LogP) is 4.65. The van der Waals surface area contributed by atoms with E-state index in [1.54, 1.807) is 0 Å². The molecule has 0 fully saturated rings. The number of allylic oxidation sites excluding steroid dienone is 4. The molecule has 8 nitrogen and oxygen atoms in total. The third-order valence-corrected chi connectivity index (χ3v) is 5.50. The summed E-state index contributed by atoms with van der Waals surface area (Å²) >= 11 is 0. The molecule has 0 saturated carbocycles. The van der Waals surface area contributed by atoms with Gasteiger partial charge in [0.15, 0.2) is 0 Å². The lowest BCUT2D eigenvalue weighted by molar-refractivity contribution is 0.0727. The molecule has 0 bridgehead atoms. The van der Waals surface area contributed by atoms with E-state index >= 15 is 0 Å². The van der Waals surface area contributed by atoms with E-state index < -0.39 is 22.3 Å². The van der Waals surface area contributed by atoms with Gasteiger partial charge in [0.05, 0.1) is 19.3 Å². The molecule has 0 spiro atoms. The highest BCUT2D eigenvalue weighted by molar-refractivity contribution is 7.60. The van der Waals surface area contributed by atoms with Crippen molar-refractivity contribution >= 4 is 15.6 Å². The summed E-state index contributed by atoms with van der Waals surface area (Å²) in [5.41, 5.74) is 3.00. The molecule has 0 aliphatic heterocycles. The van der Waals surface area contributed by atoms with Gasteiger partial charge in [0.1, 0.15) is 0 Å². The summed E-state index contributed by atoms with van der Waals surface area (Å²) in [4.78, 5) is 26.2. The highest BCUT2D eigenvalue weighted by Gasteiger charge is 2.32. The minimum atomic E-state index is -5.12. The molecule has 0 amide bonds. The number of phosphoric acid groups is 2. The normalized spacial score (nSPS) is 15.9. The maximum atomic E-state index is 11.3. The van der Waals surface area contributed by atoms with Gasteiger partial charge in [-0.3, -0.25) is 4.52 Å². The molecule has 0 aliphatic rings. The molecule has 27 heavy (non-hydrogen) atoms. The molecular weight excluding hydrogens is 394 g/mol. The van der Waals surface area contributed by atoms with Crippen LogP contribution in [0.4, 0.5) is 0 Å². The van der Waals surface area contributed by atoms with E-state index in [9.17, 15) is 9.13 Å². The van der Waals surface area contributed by atoms with E-state index in [2.05, 4.69) is 48.3 Å². The molecule has 158 valence electrons. The summed E-state index contributed by atoms with van der Waals surface area (Å²) in [5, 5.41) is 0. The Morgan fingerprint density at radius 2 is 1.70 bits per heavy atom. The maximum Gasteiger partial charge on any atom is 0.481 e. The number of phosphoric ester groups is 1. The van der Waals surface area contributed by atoms with Gasteiger partial charge in [-0.2, -0.15) is 4.31 Å². The zero-order valence-corrected chi connectivity index (χ0v) is 18.2. The summed E-state index contributed by atoms with van der Waals surface area (Å²) in [5.74, 6) is 0. The van der Waals surface area contributed by atoms with Crippen LogP contribution in [0, 0.1) is 0 Å². The first kappa shape index (κ1) is 26.4. The second kappa shape index (κ2) is 12.8. The molecular formula is C17H32O8P2. The molecule has 0 aromatic carbocycles. The molecule has 2 atom stereocenters. The number of hydrogen-bond donors (Lipinski definition) is 3. The zero-order valence-electron chi connectivity index (χ0n) is 16.5. The second-order valence-electron chi connectivity index (χ2n) is 6.63. The fourth-order valence-electron chi connectivity index (χ4n) is 1.97. The van der Waals surface area contributed by atoms with E-state index in [0.717, 1.165) is 25.7 Å². The van der Waals surface area contributed by atoms with Crippen LogP contribution >= 0.6 is 15.6 Å². The van der Waals surface area contributed by atoms with Crippen LogP contribution < -0.4 is 0 Å². The summed E-state index contributed by atoms with van der Waals surface area (Å²) in [6.07, 6.45) is 8.13. The molecule has 3 N–H and O–H groups in total. The fraction of sp³-hybridized carbons (Fsp3) is 0.647. The maximum absolute atomic E-state index is 11.3. The van der Waals surface area contributed by atoms with Crippen LogP contribution in [-0.4, -0.2) is 34.0 Å². The summed E-state index contributed by atoms with van der Waals surface area (Å²) in [7, 11) is -9.97. The van der Waals surface area contributed by atoms with Crippen LogP contribution in [0.5, 0.6) is 0 Å². The van der Waals surface area contributed by atoms with Crippen molar-refractivity contribution in [3.05, 3.63) is 35.5 Å². The van der Waals surface area contributed by atoms with Gasteiger partial charge in [0.2, 0.25) is 0 Å². The minimum absolute atomic E-state index is 0.0455. The molecule has 10 heteroatoms. The Labute approximate surface area is 161 Å². The Hall–Kier alpha value is -0.560. The summed E-state index contributed by atoms with van der Waals surface area (Å²) in [6, 6.07) is 0. The van der Waals surface area contributed by atoms with Gasteiger partial charge < -0.3 is 19.4 Å². The van der Waals surface area contributed by atoms with Crippen LogP contribution in [0.1, 0.15) is 53.4 Å². The lowest BCUT2D eigenvalue weighted by Gasteiger charge is -2.15. The first-order valence-corrected chi connectivity index (χ1v) is 11.6. The van der Waals surface area contributed by atoms with Crippen molar-refractivity contribution in [3.8, 4) is 0 Å². The number of rotatable bonds is 14. The second-order valence-corrected chi connectivity index (χ2v) is 9.46. The Morgan fingerprint density at radius 1 is 1.07 bits per heavy atom. The monoisotopic (exact) mass is 426 g/mol. The molecule has 0 aromatic rings. The molecule has 0 aliphatic carbocycles. The van der Waals surface area contributed by atoms with E-state index in [4.69, 9.17) is 19.4 Å². The molecule has 0 heterocycles. The third-order valence-electron chi connectivity index (χ3n) is 3.37. The van der Waals surface area contributed by atoms with Crippen LogP contribution in [0.15, 0.2) is 35.5 Å². The Bertz CT molecular complexity index is 616. The van der Waals surface area contributed by atoms with Gasteiger partial charge in [-0.25, -0.2) is 9.13 Å². The van der Waals surface area contributed by atoms with Gasteiger partial charge in [-0.05, 0) is 59.0 Å². The van der Waals surface area contributed by atoms with Crippen molar-refractivity contribution in [3.63, 3.8) is 0 Å². The van der Waals surface area contributed by atoms with Crippen LogP contribution in [0.25, 0.3) is 0 Å². The van der Waals surface area contributed by atoms with Crippen molar-refractivity contribution in [2.24, 2.45) is 0 Å². The number of ether oxygens (including phenoxy) is 1. The highest BCUT2D eigenvalue weighted by atomic mass is 31.3. The fourth-order valence-corrected chi connectivity index (χ4v) is 3.58. The summed E-state index contributed by atoms with van der Waals surface area (Å²) < 4.78 is 35.6. The largest absolute Gasteiger partial charge is 0.481 e. The van der Waals surface area contributed by atoms with Crippen LogP contribution in [0.2, 0.25) is 0 Å². The first-order valence-electron chi connectivity index (χ1n) is 8.62. The van der Waals surface area contributed by atoms with Gasteiger partial charge in [-0.15, -0.1) is 0 Å². The molecule has 0 radical (unpaired) electrons. The van der Waals surface area contributed by atoms with Crippen molar-refractivity contribution in [1.29, 1.82) is 0 Å². The Kier molecular flexibility index (Phi) is 12.5. The van der Waals surface area contributed by atoms with Crippen molar-refractivity contribution in [2.75, 3.05) is 13.2 Å². The Balaban J connectivity index is 4.05. The van der Waals surface area contributed by atoms with Gasteiger partial charge in [0, 0.05) is 0 Å². The quantitative estimate of drug-likeness (QED) is 0.271. The van der Waals surface area contributed by atoms with Crippen LogP contribution in [0.3, 0.4) is 0 Å². The van der Waals surface area contributed by atoms with Crippen LogP contribution in [-0.2, 0) is 22.7 Å². The molecule has 2 unspecified atom stereocenters. The predicted molar refractivity (Wildman–Crippen MR) is 105 cm³/mol. The lowest BCUT2D eigenvalue weighted by atomic mass is 10.1. The third kappa shape index (κ3) is 17.3. The SMILES string of the molecule is C=C(COC(C)CC/C=C(\C)CCC=C(C)C)COP(=O)(O)OP(=O)(O)O. The van der Waals surface area contributed by atoms with E-state index in [-0.39, 0.29) is 12.7 Å². The van der Waals surface area contributed by atoms with Crippen molar-refractivity contribution in [2.45, 2.75) is 59.5 Å². The average Bonchev–Trinajstić information content (AvgIpc) is 2.48. The van der Waals surface area contributed by atoms with Crippen molar-refractivity contribution < 1.29 is 37.4 Å². The van der Waals surface area contributed by atoms with E-state index in [1.165, 1.54) is 11.1 Å². The molecule has 0 aromatic heterocycles. The smallest absolute Gasteiger partial charge is 0.374 e. The average molecular weight is 426 g/mol. The first-order chi connectivity index (χ1) is 12.3. The minimum Gasteiger partial charge on any atom is -0.374 e. The van der Waals surface area contributed by atoms with E-state index in [1.807, 2.05) is 6.92 Å². The topological polar surface area (TPSA) is 123 Å². The standard InChI is InChI=1S/C17H32O8P2/c1-14(2)8-6-9-15(3)10-7-11-17(5)23-12-16(4)13-24-27(21,22)25-26(18,19)20/h8,10,17H,4,6-7,9,11-13H2,1-3,5H3,(H,21,22)(H2,18,19,20)/b15-10+. The molecule has 0 rings (SSSR count).